The number of hydrogen-bond donors (Lipinski definition) is 1. The van der Waals surface area contributed by atoms with Gasteiger partial charge >= 0.3 is 10.1 Å². The third kappa shape index (κ3) is 4.25. The summed E-state index contributed by atoms with van der Waals surface area (Å²) in [6, 6.07) is 3.00. The largest absolute Gasteiger partial charge is 0.493 e. The van der Waals surface area contributed by atoms with Crippen molar-refractivity contribution in [2.24, 2.45) is 0 Å². The molecule has 0 aliphatic heterocycles. The number of benzene rings is 2. The molecule has 1 atom stereocenters. The minimum Gasteiger partial charge on any atom is -0.493 e. The fourth-order valence-electron chi connectivity index (χ4n) is 2.53. The minimum absolute atomic E-state index is 0.0434. The molecule has 0 bridgehead atoms. The Hall–Kier alpha value is -2.53. The van der Waals surface area contributed by atoms with Crippen LogP contribution in [0.15, 0.2) is 17.0 Å². The Labute approximate surface area is 164 Å². The molecular formula is C18H18F4O6S. The van der Waals surface area contributed by atoms with E-state index in [0.29, 0.717) is 0 Å². The maximum atomic E-state index is 14.3. The highest BCUT2D eigenvalue weighted by Gasteiger charge is 2.34. The monoisotopic (exact) mass is 438 g/mol. The van der Waals surface area contributed by atoms with Crippen LogP contribution in [0.25, 0.3) is 0 Å². The van der Waals surface area contributed by atoms with E-state index in [9.17, 15) is 26.0 Å². The van der Waals surface area contributed by atoms with Gasteiger partial charge in [0.05, 0.1) is 14.2 Å². The van der Waals surface area contributed by atoms with Gasteiger partial charge in [-0.15, -0.1) is 0 Å². The van der Waals surface area contributed by atoms with Crippen molar-refractivity contribution in [3.63, 3.8) is 0 Å². The number of ether oxygens (including phenoxy) is 3. The number of halogens is 4. The minimum atomic E-state index is -5.58. The first-order valence-corrected chi connectivity index (χ1v) is 9.69. The van der Waals surface area contributed by atoms with Crippen LogP contribution in [-0.4, -0.2) is 27.2 Å². The first kappa shape index (κ1) is 22.8. The molecule has 6 nitrogen and oxygen atoms in total. The zero-order valence-corrected chi connectivity index (χ0v) is 16.7. The summed E-state index contributed by atoms with van der Waals surface area (Å²) < 4.78 is 103. The molecule has 0 spiro atoms. The van der Waals surface area contributed by atoms with Gasteiger partial charge in [-0.3, -0.25) is 4.55 Å². The number of hydrogen-bond acceptors (Lipinski definition) is 5. The summed E-state index contributed by atoms with van der Waals surface area (Å²) in [6.45, 7) is 3.84. The fourth-order valence-corrected chi connectivity index (χ4v) is 3.16. The van der Waals surface area contributed by atoms with Crippen LogP contribution in [0.4, 0.5) is 17.6 Å². The summed E-state index contributed by atoms with van der Waals surface area (Å²) in [4.78, 5) is -2.16. The number of methoxy groups -OCH3 is 2. The number of rotatable bonds is 7. The molecule has 11 heteroatoms. The van der Waals surface area contributed by atoms with E-state index in [1.165, 1.54) is 26.4 Å². The second kappa shape index (κ2) is 8.46. The van der Waals surface area contributed by atoms with Gasteiger partial charge in [-0.1, -0.05) is 13.8 Å². The molecule has 0 aliphatic carbocycles. The molecule has 2 aromatic carbocycles. The van der Waals surface area contributed by atoms with E-state index < -0.39 is 49.8 Å². The van der Waals surface area contributed by atoms with E-state index in [4.69, 9.17) is 18.8 Å². The maximum absolute atomic E-state index is 14.3. The predicted molar refractivity (Wildman–Crippen MR) is 94.4 cm³/mol. The van der Waals surface area contributed by atoms with Crippen molar-refractivity contribution in [1.29, 1.82) is 0 Å². The summed E-state index contributed by atoms with van der Waals surface area (Å²) in [5, 5.41) is 0. The van der Waals surface area contributed by atoms with E-state index in [1.807, 2.05) is 13.8 Å². The van der Waals surface area contributed by atoms with Crippen LogP contribution in [0, 0.1) is 23.3 Å². The van der Waals surface area contributed by atoms with Crippen LogP contribution >= 0.6 is 0 Å². The lowest BCUT2D eigenvalue weighted by atomic mass is 9.98. The fraction of sp³-hybridized carbons (Fsp3) is 0.333. The molecule has 2 rings (SSSR count). The normalized spacial score (nSPS) is 12.6. The van der Waals surface area contributed by atoms with Crippen molar-refractivity contribution >= 4 is 10.1 Å². The van der Waals surface area contributed by atoms with E-state index in [2.05, 4.69) is 0 Å². The molecule has 0 amide bonds. The Morgan fingerprint density at radius 3 is 1.72 bits per heavy atom. The molecule has 0 heterocycles. The molecular weight excluding hydrogens is 420 g/mol. The first-order valence-electron chi connectivity index (χ1n) is 8.25. The van der Waals surface area contributed by atoms with Crippen LogP contribution in [0.1, 0.15) is 31.7 Å². The average molecular weight is 438 g/mol. The summed E-state index contributed by atoms with van der Waals surface area (Å²) in [5.41, 5.74) is 0.744. The Morgan fingerprint density at radius 2 is 1.38 bits per heavy atom. The highest BCUT2D eigenvalue weighted by atomic mass is 32.2. The molecule has 1 unspecified atom stereocenters. The highest BCUT2D eigenvalue weighted by Crippen LogP contribution is 2.45. The molecule has 2 aromatic rings. The lowest BCUT2D eigenvalue weighted by molar-refractivity contribution is 0.312. The maximum Gasteiger partial charge on any atom is 0.300 e. The van der Waals surface area contributed by atoms with Crippen LogP contribution in [0.2, 0.25) is 0 Å². The van der Waals surface area contributed by atoms with Crippen LogP contribution < -0.4 is 14.2 Å². The van der Waals surface area contributed by atoms with Crippen LogP contribution in [0.3, 0.4) is 0 Å². The Morgan fingerprint density at radius 1 is 0.931 bits per heavy atom. The topological polar surface area (TPSA) is 82.1 Å². The van der Waals surface area contributed by atoms with Crippen LogP contribution in [-0.2, 0) is 10.1 Å². The van der Waals surface area contributed by atoms with Gasteiger partial charge in [0.25, 0.3) is 0 Å². The van der Waals surface area contributed by atoms with Crippen LogP contribution in [0.5, 0.6) is 23.0 Å². The van der Waals surface area contributed by atoms with Gasteiger partial charge < -0.3 is 14.2 Å². The summed E-state index contributed by atoms with van der Waals surface area (Å²) in [7, 11) is -3.11. The molecule has 0 saturated heterocycles. The van der Waals surface area contributed by atoms with Gasteiger partial charge in [-0.25, -0.2) is 8.78 Å². The average Bonchev–Trinajstić information content (AvgIpc) is 2.67. The molecule has 0 aliphatic rings. The van der Waals surface area contributed by atoms with Crippen molar-refractivity contribution in [2.75, 3.05) is 14.2 Å². The quantitative estimate of drug-likeness (QED) is 0.380. The van der Waals surface area contributed by atoms with Gasteiger partial charge in [0.1, 0.15) is 0 Å². The molecule has 0 aromatic heterocycles. The zero-order valence-electron chi connectivity index (χ0n) is 15.8. The van der Waals surface area contributed by atoms with E-state index in [0.717, 1.165) is 12.0 Å². The van der Waals surface area contributed by atoms with Crippen molar-refractivity contribution in [2.45, 2.75) is 31.1 Å². The van der Waals surface area contributed by atoms with E-state index in [1.54, 1.807) is 0 Å². The van der Waals surface area contributed by atoms with Gasteiger partial charge in [-0.2, -0.15) is 17.2 Å². The third-order valence-corrected chi connectivity index (χ3v) is 5.18. The van der Waals surface area contributed by atoms with Crippen molar-refractivity contribution in [3.05, 3.63) is 41.0 Å². The van der Waals surface area contributed by atoms with Crippen molar-refractivity contribution in [1.82, 2.24) is 0 Å². The lowest BCUT2D eigenvalue weighted by Gasteiger charge is -2.19. The molecule has 0 fully saturated rings. The molecule has 29 heavy (non-hydrogen) atoms. The highest BCUT2D eigenvalue weighted by molar-refractivity contribution is 7.85. The van der Waals surface area contributed by atoms with Gasteiger partial charge in [-0.05, 0) is 30.0 Å². The zero-order chi connectivity index (χ0) is 22.1. The molecule has 0 radical (unpaired) electrons. The molecule has 1 N–H and O–H groups in total. The van der Waals surface area contributed by atoms with E-state index in [-0.39, 0.29) is 17.4 Å². The first-order chi connectivity index (χ1) is 13.5. The summed E-state index contributed by atoms with van der Waals surface area (Å²) in [6.07, 6.45) is 0.753. The molecule has 0 saturated carbocycles. The van der Waals surface area contributed by atoms with Crippen molar-refractivity contribution < 1.29 is 44.7 Å². The summed E-state index contributed by atoms with van der Waals surface area (Å²) >= 11 is 0. The van der Waals surface area contributed by atoms with E-state index >= 15 is 0 Å². The second-order valence-corrected chi connectivity index (χ2v) is 7.41. The van der Waals surface area contributed by atoms with Gasteiger partial charge in [0.15, 0.2) is 28.0 Å². The Kier molecular flexibility index (Phi) is 6.63. The second-order valence-electron chi connectivity index (χ2n) is 6.06. The summed E-state index contributed by atoms with van der Waals surface area (Å²) in [5.74, 6) is -11.0. The van der Waals surface area contributed by atoms with Gasteiger partial charge in [0, 0.05) is 0 Å². The van der Waals surface area contributed by atoms with Crippen molar-refractivity contribution in [3.8, 4) is 23.0 Å². The van der Waals surface area contributed by atoms with Gasteiger partial charge in [0.2, 0.25) is 23.1 Å². The lowest BCUT2D eigenvalue weighted by Crippen LogP contribution is -2.11. The Balaban J connectivity index is 2.72. The SMILES string of the molecule is CCC(C)c1cc(OC)c(Oc2c(F)c(F)c(S(=O)(=O)O)c(F)c2F)c(OC)c1. The Bertz CT molecular complexity index is 985. The standard InChI is InChI=1S/C18H18F4O6S/c1-5-8(2)9-6-10(26-3)16(11(7-9)27-4)28-17-12(19)14(21)18(29(23,24)25)15(22)13(17)20/h6-8H,5H2,1-4H3,(H,23,24,25). The third-order valence-electron chi connectivity index (χ3n) is 4.31. The predicted octanol–water partition coefficient (Wildman–Crippen LogP) is 4.81. The smallest absolute Gasteiger partial charge is 0.300 e. The molecule has 160 valence electrons.